The number of fused-ring (bicyclic) bond motifs is 8. The van der Waals surface area contributed by atoms with Gasteiger partial charge in [-0.25, -0.2) is 9.97 Å². The van der Waals surface area contributed by atoms with Crippen LogP contribution in [0.25, 0.3) is 90.9 Å². The van der Waals surface area contributed by atoms with Crippen molar-refractivity contribution in [2.75, 3.05) is 53.3 Å². The van der Waals surface area contributed by atoms with Crippen molar-refractivity contribution in [1.82, 2.24) is 24.8 Å². The SMILES string of the molecule is COc1cccc(-c2c3nc(c(-c4cccc(OC)c4)c4ccc([nH]4)c(-c4ccc(OC)c(CN(CCCl)CCCl)c4)c4nc(c(-c5cccc(OC)c5)c5ccc2[nH]5)C=C4)C=C3)c1. The van der Waals surface area contributed by atoms with E-state index in [0.29, 0.717) is 31.4 Å². The van der Waals surface area contributed by atoms with Crippen LogP contribution in [0.15, 0.2) is 115 Å². The molecule has 322 valence electrons. The average molecular weight is 889 g/mol. The first-order valence-corrected chi connectivity index (χ1v) is 22.1. The Morgan fingerprint density at radius 2 is 0.828 bits per heavy atom. The van der Waals surface area contributed by atoms with Crippen LogP contribution in [0, 0.1) is 0 Å². The predicted octanol–water partition coefficient (Wildman–Crippen LogP) is 12.6. The van der Waals surface area contributed by atoms with Gasteiger partial charge in [-0.1, -0.05) is 42.5 Å². The van der Waals surface area contributed by atoms with Crippen LogP contribution in [0.2, 0.25) is 0 Å². The molecule has 9 nitrogen and oxygen atoms in total. The van der Waals surface area contributed by atoms with E-state index in [-0.39, 0.29) is 0 Å². The van der Waals surface area contributed by atoms with Gasteiger partial charge < -0.3 is 28.9 Å². The number of hydrogen-bond donors (Lipinski definition) is 2. The van der Waals surface area contributed by atoms with Crippen molar-refractivity contribution in [3.05, 3.63) is 144 Å². The number of H-pyrrole nitrogens is 2. The summed E-state index contributed by atoms with van der Waals surface area (Å²) in [5, 5.41) is 0. The smallest absolute Gasteiger partial charge is 0.123 e. The number of hydrogen-bond acceptors (Lipinski definition) is 7. The van der Waals surface area contributed by atoms with Gasteiger partial charge >= 0.3 is 0 Å². The molecule has 5 heterocycles. The fraction of sp³-hybridized carbons (Fsp3) is 0.170. The summed E-state index contributed by atoms with van der Waals surface area (Å²) in [6.45, 7) is 1.98. The zero-order chi connectivity index (χ0) is 44.2. The van der Waals surface area contributed by atoms with E-state index in [2.05, 4.69) is 93.8 Å². The van der Waals surface area contributed by atoms with Crippen LogP contribution in [0.4, 0.5) is 0 Å². The second kappa shape index (κ2) is 18.9. The highest BCUT2D eigenvalue weighted by atomic mass is 35.5. The van der Waals surface area contributed by atoms with E-state index in [4.69, 9.17) is 52.1 Å². The fourth-order valence-corrected chi connectivity index (χ4v) is 9.04. The van der Waals surface area contributed by atoms with Crippen molar-refractivity contribution in [2.24, 2.45) is 0 Å². The molecule has 0 aliphatic carbocycles. The lowest BCUT2D eigenvalue weighted by atomic mass is 10.0. The van der Waals surface area contributed by atoms with Gasteiger partial charge in [-0.2, -0.15) is 0 Å². The first-order valence-electron chi connectivity index (χ1n) is 21.0. The first kappa shape index (κ1) is 42.5. The Morgan fingerprint density at radius 1 is 0.453 bits per heavy atom. The molecule has 0 atom stereocenters. The second-order valence-corrected chi connectivity index (χ2v) is 16.1. The molecule has 0 amide bonds. The highest BCUT2D eigenvalue weighted by molar-refractivity contribution is 6.18. The van der Waals surface area contributed by atoms with Crippen molar-refractivity contribution in [2.45, 2.75) is 6.54 Å². The maximum Gasteiger partial charge on any atom is 0.123 e. The van der Waals surface area contributed by atoms with E-state index in [1.807, 2.05) is 60.7 Å². The molecule has 7 aromatic rings. The second-order valence-electron chi connectivity index (χ2n) is 15.4. The van der Waals surface area contributed by atoms with E-state index >= 15 is 0 Å². The summed E-state index contributed by atoms with van der Waals surface area (Å²) in [5.74, 6) is 3.98. The molecule has 0 saturated heterocycles. The molecule has 2 N–H and O–H groups in total. The van der Waals surface area contributed by atoms with Crippen molar-refractivity contribution in [3.63, 3.8) is 0 Å². The van der Waals surface area contributed by atoms with Crippen LogP contribution in [0.1, 0.15) is 28.3 Å². The number of nitrogens with zero attached hydrogens (tertiary/aromatic N) is 3. The fourth-order valence-electron chi connectivity index (χ4n) is 8.56. The lowest BCUT2D eigenvalue weighted by Gasteiger charge is -2.22. The molecule has 0 saturated carbocycles. The number of methoxy groups -OCH3 is 4. The maximum atomic E-state index is 6.26. The summed E-state index contributed by atoms with van der Waals surface area (Å²) >= 11 is 12.5. The van der Waals surface area contributed by atoms with Gasteiger partial charge in [0.2, 0.25) is 0 Å². The first-order chi connectivity index (χ1) is 31.4. The highest BCUT2D eigenvalue weighted by Gasteiger charge is 2.21. The summed E-state index contributed by atoms with van der Waals surface area (Å²) in [5.41, 5.74) is 15.2. The predicted molar refractivity (Wildman–Crippen MR) is 264 cm³/mol. The molecule has 9 rings (SSSR count). The van der Waals surface area contributed by atoms with Crippen LogP contribution in [0.3, 0.4) is 0 Å². The van der Waals surface area contributed by atoms with Gasteiger partial charge in [0.25, 0.3) is 0 Å². The zero-order valence-electron chi connectivity index (χ0n) is 36.0. The zero-order valence-corrected chi connectivity index (χ0v) is 37.6. The number of nitrogens with one attached hydrogen (secondary N) is 2. The van der Waals surface area contributed by atoms with Crippen LogP contribution >= 0.6 is 23.2 Å². The Bertz CT molecular complexity index is 3050. The summed E-state index contributed by atoms with van der Waals surface area (Å²) in [6.07, 6.45) is 8.34. The van der Waals surface area contributed by atoms with E-state index in [1.165, 1.54) is 0 Å². The van der Waals surface area contributed by atoms with Crippen molar-refractivity contribution in [1.29, 1.82) is 0 Å². The van der Waals surface area contributed by atoms with Gasteiger partial charge in [0.05, 0.1) is 51.2 Å². The minimum absolute atomic E-state index is 0.488. The van der Waals surface area contributed by atoms with Crippen LogP contribution in [-0.4, -0.2) is 78.1 Å². The Hall–Kier alpha value is -6.78. The number of aromatic nitrogens is 4. The largest absolute Gasteiger partial charge is 0.497 e. The molecular formula is C53H47Cl2N5O4. The monoisotopic (exact) mass is 887 g/mol. The Labute approximate surface area is 382 Å². The molecule has 0 spiro atoms. The summed E-state index contributed by atoms with van der Waals surface area (Å²) in [4.78, 5) is 20.8. The molecule has 8 bridgehead atoms. The maximum absolute atomic E-state index is 6.26. The molecule has 0 unspecified atom stereocenters. The van der Waals surface area contributed by atoms with Gasteiger partial charge in [0, 0.05) is 81.3 Å². The van der Waals surface area contributed by atoms with Crippen LogP contribution in [0.5, 0.6) is 23.0 Å². The summed E-state index contributed by atoms with van der Waals surface area (Å²) < 4.78 is 23.1. The van der Waals surface area contributed by atoms with Gasteiger partial charge in [0.1, 0.15) is 23.0 Å². The molecule has 2 aliphatic rings. The van der Waals surface area contributed by atoms with E-state index in [9.17, 15) is 0 Å². The number of benzene rings is 4. The van der Waals surface area contributed by atoms with E-state index in [1.54, 1.807) is 28.4 Å². The van der Waals surface area contributed by atoms with E-state index < -0.39 is 0 Å². The van der Waals surface area contributed by atoms with Gasteiger partial charge in [-0.05, 0) is 119 Å². The van der Waals surface area contributed by atoms with Gasteiger partial charge in [0.15, 0.2) is 0 Å². The minimum atomic E-state index is 0.488. The van der Waals surface area contributed by atoms with Crippen molar-refractivity contribution >= 4 is 69.6 Å². The highest BCUT2D eigenvalue weighted by Crippen LogP contribution is 2.40. The molecule has 11 heteroatoms. The quantitative estimate of drug-likeness (QED) is 0.105. The summed E-state index contributed by atoms with van der Waals surface area (Å²) in [7, 11) is 6.75. The number of alkyl halides is 2. The van der Waals surface area contributed by atoms with Crippen LogP contribution in [-0.2, 0) is 6.54 Å². The number of rotatable bonds is 14. The lowest BCUT2D eigenvalue weighted by molar-refractivity contribution is 0.292. The third-order valence-corrected chi connectivity index (χ3v) is 11.9. The summed E-state index contributed by atoms with van der Waals surface area (Å²) in [6, 6.07) is 39.0. The third-order valence-electron chi connectivity index (χ3n) is 11.6. The molecule has 0 fully saturated rings. The lowest BCUT2D eigenvalue weighted by Crippen LogP contribution is -2.27. The van der Waals surface area contributed by atoms with Gasteiger partial charge in [-0.3, -0.25) is 4.90 Å². The number of ether oxygens (including phenoxy) is 4. The Kier molecular flexibility index (Phi) is 12.6. The molecular weight excluding hydrogens is 842 g/mol. The average Bonchev–Trinajstić information content (AvgIpc) is 4.18. The molecule has 0 radical (unpaired) electrons. The minimum Gasteiger partial charge on any atom is -0.497 e. The molecule has 2 aliphatic heterocycles. The van der Waals surface area contributed by atoms with Crippen molar-refractivity contribution in [3.8, 4) is 67.5 Å². The standard InChI is InChI=1S/C53H47Cl2N5O4/c1-61-38-11-5-8-33(29-38)50-41-15-17-43(56-41)51(34-9-6-12-39(30-34)62-2)45-19-21-47(58-45)53(36-14-23-49(64-4)37(28-36)32-60(26-24-54)27-25-55)48-22-20-46(59-48)52(44-18-16-42(50)57-44)35-10-7-13-40(31-35)63-3/h5-23,28-31,56,59H,24-27,32H2,1-4H3. The topological polar surface area (TPSA) is 97.5 Å². The van der Waals surface area contributed by atoms with Crippen LogP contribution < -0.4 is 18.9 Å². The Balaban J connectivity index is 1.42. The molecule has 4 aromatic carbocycles. The molecule has 64 heavy (non-hydrogen) atoms. The third kappa shape index (κ3) is 8.50. The normalized spacial score (nSPS) is 11.9. The number of aromatic amines is 2. The van der Waals surface area contributed by atoms with E-state index in [0.717, 1.165) is 118 Å². The molecule has 3 aromatic heterocycles. The Morgan fingerprint density at radius 3 is 1.17 bits per heavy atom. The number of halogens is 2. The van der Waals surface area contributed by atoms with Gasteiger partial charge in [-0.15, -0.1) is 23.2 Å². The van der Waals surface area contributed by atoms with Crippen molar-refractivity contribution < 1.29 is 18.9 Å².